The monoisotopic (exact) mass is 640 g/mol. The third-order valence-corrected chi connectivity index (χ3v) is 7.11. The summed E-state index contributed by atoms with van der Waals surface area (Å²) in [7, 11) is -3.74. The summed E-state index contributed by atoms with van der Waals surface area (Å²) in [6.07, 6.45) is 2.27. The van der Waals surface area contributed by atoms with Gasteiger partial charge in [-0.2, -0.15) is 0 Å². The average molecular weight is 641 g/mol. The molecule has 0 heterocycles. The van der Waals surface area contributed by atoms with E-state index < -0.39 is 33.7 Å². The van der Waals surface area contributed by atoms with E-state index in [4.69, 9.17) is 14.2 Å². The molecule has 1 atom stereocenters. The van der Waals surface area contributed by atoms with E-state index in [1.54, 1.807) is 63.2 Å². The Bertz CT molecular complexity index is 1500. The smallest absolute Gasteiger partial charge is 0.410 e. The normalized spacial score (nSPS) is 12.2. The number of aliphatic hydroxyl groups excluding tert-OH is 1. The number of sulfonamides is 1. The van der Waals surface area contributed by atoms with Crippen LogP contribution >= 0.6 is 0 Å². The second kappa shape index (κ2) is 16.3. The van der Waals surface area contributed by atoms with Crippen molar-refractivity contribution in [3.05, 3.63) is 83.9 Å². The lowest BCUT2D eigenvalue weighted by atomic mass is 10.0. The van der Waals surface area contributed by atoms with Crippen LogP contribution in [0.2, 0.25) is 0 Å². The van der Waals surface area contributed by atoms with Crippen LogP contribution in [0.4, 0.5) is 4.79 Å². The van der Waals surface area contributed by atoms with Crippen LogP contribution < -0.4 is 14.2 Å². The number of aliphatic hydroxyl groups is 1. The van der Waals surface area contributed by atoms with Crippen LogP contribution in [0.5, 0.6) is 11.5 Å². The number of amides is 2. The molecule has 0 fully saturated rings. The Labute approximate surface area is 266 Å². The van der Waals surface area contributed by atoms with Crippen LogP contribution in [0.15, 0.2) is 72.8 Å². The molecule has 3 aromatic rings. The molecule has 2 amide bonds. The summed E-state index contributed by atoms with van der Waals surface area (Å²) < 4.78 is 42.6. The van der Waals surface area contributed by atoms with Crippen LogP contribution in [-0.2, 0) is 14.8 Å². The van der Waals surface area contributed by atoms with Gasteiger partial charge in [-0.05, 0) is 68.1 Å². The Balaban J connectivity index is 1.70. The molecule has 3 aromatic carbocycles. The molecule has 0 aliphatic heterocycles. The Kier molecular flexibility index (Phi) is 12.8. The van der Waals surface area contributed by atoms with E-state index in [0.29, 0.717) is 23.7 Å². The van der Waals surface area contributed by atoms with Crippen molar-refractivity contribution < 1.29 is 37.3 Å². The highest BCUT2D eigenvalue weighted by Gasteiger charge is 2.25. The molecule has 0 saturated heterocycles. The van der Waals surface area contributed by atoms with Gasteiger partial charge in [-0.15, -0.1) is 0 Å². The molecule has 0 radical (unpaired) electrons. The molecule has 0 spiro atoms. The largest absolute Gasteiger partial charge is 0.493 e. The topological polar surface area (TPSA) is 131 Å². The van der Waals surface area contributed by atoms with Crippen molar-refractivity contribution in [2.45, 2.75) is 58.7 Å². The first-order valence-electron chi connectivity index (χ1n) is 15.0. The zero-order valence-corrected chi connectivity index (χ0v) is 27.4. The predicted octanol–water partition coefficient (Wildman–Crippen LogP) is 5.96. The van der Waals surface area contributed by atoms with Crippen molar-refractivity contribution in [1.29, 1.82) is 0 Å². The van der Waals surface area contributed by atoms with Crippen molar-refractivity contribution in [1.82, 2.24) is 9.62 Å². The van der Waals surface area contributed by atoms with Gasteiger partial charge in [-0.1, -0.05) is 68.3 Å². The average Bonchev–Trinajstić information content (AvgIpc) is 2.97. The maximum atomic E-state index is 12.9. The summed E-state index contributed by atoms with van der Waals surface area (Å²) in [6, 6.07) is 21.4. The summed E-state index contributed by atoms with van der Waals surface area (Å²) in [5, 5.41) is 10.7. The Morgan fingerprint density at radius 3 is 2.20 bits per heavy atom. The molecule has 10 nitrogen and oxygen atoms in total. The SMILES string of the molecule is CCCCCOc1cc(-c2ccc(OCCN(C[C@H](O)c3ccccc3)C(=O)OC(C)(C)C)cc2)ccc1C(=O)NS(C)(=O)=O. The quantitative estimate of drug-likeness (QED) is 0.195. The zero-order chi connectivity index (χ0) is 33.0. The predicted molar refractivity (Wildman–Crippen MR) is 174 cm³/mol. The lowest BCUT2D eigenvalue weighted by Gasteiger charge is -2.29. The van der Waals surface area contributed by atoms with Gasteiger partial charge < -0.3 is 24.2 Å². The molecule has 45 heavy (non-hydrogen) atoms. The fraction of sp³-hybridized carbons (Fsp3) is 0.412. The van der Waals surface area contributed by atoms with Crippen LogP contribution in [-0.4, -0.2) is 68.6 Å². The summed E-state index contributed by atoms with van der Waals surface area (Å²) in [5.41, 5.74) is 1.74. The molecule has 11 heteroatoms. The van der Waals surface area contributed by atoms with Gasteiger partial charge >= 0.3 is 6.09 Å². The maximum Gasteiger partial charge on any atom is 0.410 e. The second-order valence-corrected chi connectivity index (χ2v) is 13.4. The number of carbonyl (C=O) groups excluding carboxylic acids is 2. The van der Waals surface area contributed by atoms with Crippen molar-refractivity contribution in [2.24, 2.45) is 0 Å². The number of hydrogen-bond donors (Lipinski definition) is 2. The molecule has 3 rings (SSSR count). The highest BCUT2D eigenvalue weighted by atomic mass is 32.2. The van der Waals surface area contributed by atoms with Gasteiger partial charge in [0.2, 0.25) is 10.0 Å². The molecule has 0 aliphatic rings. The summed E-state index contributed by atoms with van der Waals surface area (Å²) in [5.74, 6) is 0.117. The van der Waals surface area contributed by atoms with Crippen molar-refractivity contribution in [2.75, 3.05) is 32.6 Å². The first kappa shape index (κ1) is 35.4. The van der Waals surface area contributed by atoms with Crippen molar-refractivity contribution >= 4 is 22.0 Å². The third kappa shape index (κ3) is 12.1. The van der Waals surface area contributed by atoms with Crippen LogP contribution in [0.3, 0.4) is 0 Å². The fourth-order valence-corrected chi connectivity index (χ4v) is 4.80. The Hall–Kier alpha value is -4.09. The molecule has 2 N–H and O–H groups in total. The Morgan fingerprint density at radius 2 is 1.58 bits per heavy atom. The van der Waals surface area contributed by atoms with E-state index in [1.165, 1.54) is 4.90 Å². The number of nitrogens with one attached hydrogen (secondary N) is 1. The molecule has 0 bridgehead atoms. The minimum absolute atomic E-state index is 0.0439. The van der Waals surface area contributed by atoms with E-state index in [-0.39, 0.29) is 25.3 Å². The van der Waals surface area contributed by atoms with Gasteiger partial charge in [0.1, 0.15) is 23.7 Å². The number of carbonyl (C=O) groups is 2. The van der Waals surface area contributed by atoms with Gasteiger partial charge in [-0.3, -0.25) is 4.79 Å². The molecule has 244 valence electrons. The van der Waals surface area contributed by atoms with Gasteiger partial charge in [0.25, 0.3) is 5.91 Å². The van der Waals surface area contributed by atoms with Crippen molar-refractivity contribution in [3.63, 3.8) is 0 Å². The molecule has 0 aromatic heterocycles. The summed E-state index contributed by atoms with van der Waals surface area (Å²) in [4.78, 5) is 27.0. The van der Waals surface area contributed by atoms with E-state index in [1.807, 2.05) is 35.1 Å². The molecular weight excluding hydrogens is 596 g/mol. The minimum Gasteiger partial charge on any atom is -0.493 e. The maximum absolute atomic E-state index is 12.9. The number of rotatable bonds is 15. The highest BCUT2D eigenvalue weighted by Crippen LogP contribution is 2.29. The lowest BCUT2D eigenvalue weighted by molar-refractivity contribution is 0.0117. The van der Waals surface area contributed by atoms with Gasteiger partial charge in [0.05, 0.1) is 37.6 Å². The second-order valence-electron chi connectivity index (χ2n) is 11.7. The summed E-state index contributed by atoms with van der Waals surface area (Å²) in [6.45, 7) is 8.23. The van der Waals surface area contributed by atoms with Gasteiger partial charge in [-0.25, -0.2) is 17.9 Å². The molecule has 0 saturated carbocycles. The van der Waals surface area contributed by atoms with E-state index in [9.17, 15) is 23.1 Å². The number of nitrogens with zero attached hydrogens (tertiary/aromatic N) is 1. The first-order valence-corrected chi connectivity index (χ1v) is 16.9. The Morgan fingerprint density at radius 1 is 0.911 bits per heavy atom. The lowest BCUT2D eigenvalue weighted by Crippen LogP contribution is -2.41. The number of ether oxygens (including phenoxy) is 3. The van der Waals surface area contributed by atoms with E-state index >= 15 is 0 Å². The molecule has 0 unspecified atom stereocenters. The van der Waals surface area contributed by atoms with Crippen molar-refractivity contribution in [3.8, 4) is 22.6 Å². The first-order chi connectivity index (χ1) is 21.3. The molecule has 0 aliphatic carbocycles. The third-order valence-electron chi connectivity index (χ3n) is 6.56. The number of hydrogen-bond acceptors (Lipinski definition) is 8. The van der Waals surface area contributed by atoms with Gasteiger partial charge in [0.15, 0.2) is 0 Å². The van der Waals surface area contributed by atoms with Crippen LogP contribution in [0.25, 0.3) is 11.1 Å². The fourth-order valence-electron chi connectivity index (χ4n) is 4.36. The zero-order valence-electron chi connectivity index (χ0n) is 26.6. The summed E-state index contributed by atoms with van der Waals surface area (Å²) >= 11 is 0. The molecular formula is C34H44N2O8S. The van der Waals surface area contributed by atoms with Gasteiger partial charge in [0, 0.05) is 0 Å². The van der Waals surface area contributed by atoms with E-state index in [2.05, 4.69) is 6.92 Å². The van der Waals surface area contributed by atoms with Crippen LogP contribution in [0.1, 0.15) is 69.0 Å². The number of benzene rings is 3. The highest BCUT2D eigenvalue weighted by molar-refractivity contribution is 7.89. The van der Waals surface area contributed by atoms with Crippen LogP contribution in [0, 0.1) is 0 Å². The standard InChI is InChI=1S/C34H44N2O8S/c1-6-7-11-21-43-31-23-27(16-19-29(31)32(38)35-45(5,40)41)25-14-17-28(18-15-25)42-22-20-36(33(39)44-34(2,3)4)24-30(37)26-12-9-8-10-13-26/h8-10,12-19,23,30,37H,6-7,11,20-22,24H2,1-5H3,(H,35,38)/t30-/m0/s1. The number of unbranched alkanes of at least 4 members (excludes halogenated alkanes) is 2. The van der Waals surface area contributed by atoms with E-state index in [0.717, 1.165) is 36.6 Å². The minimum atomic E-state index is -3.74.